The van der Waals surface area contributed by atoms with E-state index in [1.165, 1.54) is 36.7 Å². The van der Waals surface area contributed by atoms with Crippen molar-refractivity contribution in [3.8, 4) is 0 Å². The van der Waals surface area contributed by atoms with E-state index < -0.39 is 14.9 Å². The molecule has 0 radical (unpaired) electrons. The summed E-state index contributed by atoms with van der Waals surface area (Å²) in [6.45, 7) is 1.62. The first-order valence-corrected chi connectivity index (χ1v) is 13.5. The molecule has 0 amide bonds. The Morgan fingerprint density at radius 2 is 1.33 bits per heavy atom. The number of benzene rings is 2. The SMILES string of the molecule is O=[N+]([O-])c1ccc(Nc2nc(Nc3ccc(S(=O)(=O)Nc4ncccn4)cc3)nc(N3CCCCC3)n2)cc1. The zero-order valence-corrected chi connectivity index (χ0v) is 21.4. The van der Waals surface area contributed by atoms with Gasteiger partial charge >= 0.3 is 0 Å². The summed E-state index contributed by atoms with van der Waals surface area (Å²) in [5, 5.41) is 17.1. The average Bonchev–Trinajstić information content (AvgIpc) is 2.94. The third kappa shape index (κ3) is 6.51. The van der Waals surface area contributed by atoms with Crippen LogP contribution in [-0.4, -0.2) is 51.4 Å². The lowest BCUT2D eigenvalue weighted by molar-refractivity contribution is -0.384. The number of anilines is 6. The number of non-ortho nitro benzene ring substituents is 1. The second kappa shape index (κ2) is 11.2. The van der Waals surface area contributed by atoms with E-state index in [4.69, 9.17) is 0 Å². The summed E-state index contributed by atoms with van der Waals surface area (Å²) in [7, 11) is -3.88. The summed E-state index contributed by atoms with van der Waals surface area (Å²) in [6.07, 6.45) is 6.07. The van der Waals surface area contributed by atoms with Crippen molar-refractivity contribution in [2.45, 2.75) is 24.2 Å². The molecular formula is C24H24N10O4S. The first kappa shape index (κ1) is 25.7. The Morgan fingerprint density at radius 1 is 0.769 bits per heavy atom. The molecule has 3 N–H and O–H groups in total. The van der Waals surface area contributed by atoms with Crippen LogP contribution in [0.25, 0.3) is 0 Å². The van der Waals surface area contributed by atoms with Crippen molar-refractivity contribution in [1.82, 2.24) is 24.9 Å². The summed E-state index contributed by atoms with van der Waals surface area (Å²) in [5.41, 5.74) is 1.11. The van der Waals surface area contributed by atoms with Crippen molar-refractivity contribution in [3.05, 3.63) is 77.1 Å². The van der Waals surface area contributed by atoms with E-state index in [2.05, 4.69) is 45.2 Å². The number of hydrogen-bond donors (Lipinski definition) is 3. The molecule has 1 saturated heterocycles. The predicted molar refractivity (Wildman–Crippen MR) is 145 cm³/mol. The van der Waals surface area contributed by atoms with Gasteiger partial charge in [0.2, 0.25) is 23.8 Å². The van der Waals surface area contributed by atoms with Crippen LogP contribution < -0.4 is 20.3 Å². The highest BCUT2D eigenvalue weighted by molar-refractivity contribution is 7.92. The highest BCUT2D eigenvalue weighted by atomic mass is 32.2. The summed E-state index contributed by atoms with van der Waals surface area (Å²) in [4.78, 5) is 34.0. The highest BCUT2D eigenvalue weighted by Gasteiger charge is 2.18. The monoisotopic (exact) mass is 548 g/mol. The van der Waals surface area contributed by atoms with Crippen LogP contribution in [0.5, 0.6) is 0 Å². The second-order valence-electron chi connectivity index (χ2n) is 8.59. The first-order valence-electron chi connectivity index (χ1n) is 12.1. The average molecular weight is 549 g/mol. The van der Waals surface area contributed by atoms with E-state index >= 15 is 0 Å². The van der Waals surface area contributed by atoms with Crippen LogP contribution in [0.2, 0.25) is 0 Å². The Bertz CT molecular complexity index is 1550. The van der Waals surface area contributed by atoms with Crippen LogP contribution in [-0.2, 0) is 10.0 Å². The van der Waals surface area contributed by atoms with E-state index in [0.717, 1.165) is 32.4 Å². The summed E-state index contributed by atoms with van der Waals surface area (Å²) in [6, 6.07) is 13.6. The van der Waals surface area contributed by atoms with Crippen molar-refractivity contribution in [2.24, 2.45) is 0 Å². The summed E-state index contributed by atoms with van der Waals surface area (Å²) >= 11 is 0. The fourth-order valence-corrected chi connectivity index (χ4v) is 4.84. The third-order valence-electron chi connectivity index (χ3n) is 5.81. The molecule has 0 atom stereocenters. The van der Waals surface area contributed by atoms with Crippen molar-refractivity contribution in [1.29, 1.82) is 0 Å². The van der Waals surface area contributed by atoms with Gasteiger partial charge in [-0.3, -0.25) is 10.1 Å². The lowest BCUT2D eigenvalue weighted by Gasteiger charge is -2.27. The lowest BCUT2D eigenvalue weighted by atomic mass is 10.1. The van der Waals surface area contributed by atoms with E-state index in [9.17, 15) is 18.5 Å². The molecule has 1 aliphatic rings. The number of aromatic nitrogens is 5. The number of nitrogens with one attached hydrogen (secondary N) is 3. The Balaban J connectivity index is 1.37. The minimum absolute atomic E-state index is 0.0236. The van der Waals surface area contributed by atoms with E-state index in [-0.39, 0.29) is 28.4 Å². The maximum atomic E-state index is 12.7. The number of piperidine rings is 1. The number of sulfonamides is 1. The molecule has 0 saturated carbocycles. The van der Waals surface area contributed by atoms with Crippen LogP contribution in [0.3, 0.4) is 0 Å². The van der Waals surface area contributed by atoms with Crippen LogP contribution in [0.4, 0.5) is 40.9 Å². The van der Waals surface area contributed by atoms with Gasteiger partial charge in [-0.1, -0.05) is 0 Å². The molecule has 2 aromatic heterocycles. The molecule has 0 spiro atoms. The maximum absolute atomic E-state index is 12.7. The molecule has 15 heteroatoms. The van der Waals surface area contributed by atoms with Gasteiger partial charge in [0.15, 0.2) is 0 Å². The molecule has 1 aliphatic heterocycles. The Labute approximate surface area is 223 Å². The topological polar surface area (TPSA) is 181 Å². The van der Waals surface area contributed by atoms with Gasteiger partial charge in [-0.15, -0.1) is 0 Å². The van der Waals surface area contributed by atoms with Gasteiger partial charge in [0.1, 0.15) is 0 Å². The Hall–Kier alpha value is -4.92. The van der Waals surface area contributed by atoms with Gasteiger partial charge in [0.25, 0.3) is 15.7 Å². The Kier molecular flexibility index (Phi) is 7.40. The molecule has 3 heterocycles. The largest absolute Gasteiger partial charge is 0.341 e. The van der Waals surface area contributed by atoms with Crippen LogP contribution in [0, 0.1) is 10.1 Å². The van der Waals surface area contributed by atoms with Gasteiger partial charge in [0.05, 0.1) is 9.82 Å². The Morgan fingerprint density at radius 3 is 1.90 bits per heavy atom. The van der Waals surface area contributed by atoms with E-state index in [1.807, 2.05) is 0 Å². The minimum Gasteiger partial charge on any atom is -0.341 e. The van der Waals surface area contributed by atoms with Crippen LogP contribution >= 0.6 is 0 Å². The van der Waals surface area contributed by atoms with Gasteiger partial charge in [0, 0.05) is 49.0 Å². The van der Waals surface area contributed by atoms with Gasteiger partial charge < -0.3 is 15.5 Å². The molecule has 5 rings (SSSR count). The predicted octanol–water partition coefficient (Wildman–Crippen LogP) is 3.85. The second-order valence-corrected chi connectivity index (χ2v) is 10.3. The molecular weight excluding hydrogens is 524 g/mol. The quantitative estimate of drug-likeness (QED) is 0.203. The van der Waals surface area contributed by atoms with Gasteiger partial charge in [-0.25, -0.2) is 23.1 Å². The smallest absolute Gasteiger partial charge is 0.269 e. The maximum Gasteiger partial charge on any atom is 0.269 e. The molecule has 39 heavy (non-hydrogen) atoms. The highest BCUT2D eigenvalue weighted by Crippen LogP contribution is 2.24. The van der Waals surface area contributed by atoms with Crippen molar-refractivity contribution >= 4 is 50.9 Å². The molecule has 0 unspecified atom stereocenters. The van der Waals surface area contributed by atoms with Crippen molar-refractivity contribution in [3.63, 3.8) is 0 Å². The van der Waals surface area contributed by atoms with Crippen LogP contribution in [0.15, 0.2) is 71.9 Å². The van der Waals surface area contributed by atoms with E-state index in [1.54, 1.807) is 30.3 Å². The lowest BCUT2D eigenvalue weighted by Crippen LogP contribution is -2.31. The first-order chi connectivity index (χ1) is 18.9. The van der Waals surface area contributed by atoms with Crippen molar-refractivity contribution in [2.75, 3.05) is 33.3 Å². The number of nitro groups is 1. The summed E-state index contributed by atoms with van der Waals surface area (Å²) in [5.74, 6) is 0.973. The number of nitrogens with zero attached hydrogens (tertiary/aromatic N) is 7. The fourth-order valence-electron chi connectivity index (χ4n) is 3.88. The van der Waals surface area contributed by atoms with Gasteiger partial charge in [-0.2, -0.15) is 15.0 Å². The normalized spacial score (nSPS) is 13.5. The molecule has 2 aromatic carbocycles. The minimum atomic E-state index is -3.88. The zero-order chi connectivity index (χ0) is 27.2. The molecule has 4 aromatic rings. The molecule has 1 fully saturated rings. The third-order valence-corrected chi connectivity index (χ3v) is 7.15. The molecule has 14 nitrogen and oxygen atoms in total. The zero-order valence-electron chi connectivity index (χ0n) is 20.6. The van der Waals surface area contributed by atoms with E-state index in [0.29, 0.717) is 17.3 Å². The summed E-state index contributed by atoms with van der Waals surface area (Å²) < 4.78 is 27.7. The number of nitro benzene ring substituents is 1. The van der Waals surface area contributed by atoms with Gasteiger partial charge in [-0.05, 0) is 61.7 Å². The van der Waals surface area contributed by atoms with Crippen LogP contribution in [0.1, 0.15) is 19.3 Å². The fraction of sp³-hybridized carbons (Fsp3) is 0.208. The number of hydrogen-bond acceptors (Lipinski definition) is 12. The standard InChI is InChI=1S/C24H24N10O4S/c35-34(36)19-9-5-17(6-10-19)27-22-29-23(31-24(30-22)33-15-2-1-3-16-33)28-18-7-11-20(12-8-18)39(37,38)32-21-25-13-4-14-26-21/h4-14H,1-3,15-16H2,(H,25,26,32)(H2,27,28,29,30,31). The molecule has 0 aliphatic carbocycles. The molecule has 200 valence electrons. The van der Waals surface area contributed by atoms with Crippen molar-refractivity contribution < 1.29 is 13.3 Å². The molecule has 0 bridgehead atoms. The number of rotatable bonds is 9.